The van der Waals surface area contributed by atoms with Crippen LogP contribution in [0, 0.1) is 11.8 Å². The minimum atomic E-state index is -1.86. The number of hydrogen-bond acceptors (Lipinski definition) is 3. The van der Waals surface area contributed by atoms with Crippen LogP contribution < -0.4 is 0 Å². The fourth-order valence-electron chi connectivity index (χ4n) is 6.33. The zero-order valence-electron chi connectivity index (χ0n) is 21.8. The van der Waals surface area contributed by atoms with Crippen LogP contribution in [-0.4, -0.2) is 46.0 Å². The van der Waals surface area contributed by atoms with Crippen LogP contribution in [0.25, 0.3) is 0 Å². The minimum absolute atomic E-state index is 0.0357. The van der Waals surface area contributed by atoms with Crippen LogP contribution >= 0.6 is 0 Å². The quantitative estimate of drug-likeness (QED) is 0.249. The summed E-state index contributed by atoms with van der Waals surface area (Å²) in [6.07, 6.45) is 14.4. The Morgan fingerprint density at radius 1 is 0.774 bits per heavy atom. The van der Waals surface area contributed by atoms with Crippen molar-refractivity contribution in [1.29, 1.82) is 0 Å². The molecule has 3 nitrogen and oxygen atoms in total. The third-order valence-corrected chi connectivity index (χ3v) is 20.0. The highest BCUT2D eigenvalue weighted by molar-refractivity contribution is 6.82. The summed E-state index contributed by atoms with van der Waals surface area (Å²) < 4.78 is 18.9. The Morgan fingerprint density at radius 3 is 2.03 bits per heavy atom. The molecule has 180 valence electrons. The van der Waals surface area contributed by atoms with E-state index in [2.05, 4.69) is 53.9 Å². The van der Waals surface area contributed by atoms with Gasteiger partial charge in [0, 0.05) is 5.22 Å². The third kappa shape index (κ3) is 5.36. The molecule has 0 N–H and O–H groups in total. The molecule has 3 saturated heterocycles. The lowest BCUT2D eigenvalue weighted by Gasteiger charge is -2.51. The average molecular weight is 467 g/mol. The molecule has 0 amide bonds. The Labute approximate surface area is 194 Å². The SMILES string of the molecule is CC(C)(O[Si](C)(C)C(C)(C)CCC1CCC2OC2C1)[Si](C)(C)CCC1CC2CC(C1)O2. The normalized spacial score (nSPS) is 36.0. The van der Waals surface area contributed by atoms with E-state index in [0.717, 1.165) is 11.8 Å². The Kier molecular flexibility index (Phi) is 6.71. The Morgan fingerprint density at radius 2 is 1.42 bits per heavy atom. The molecule has 0 spiro atoms. The van der Waals surface area contributed by atoms with Gasteiger partial charge in [-0.3, -0.25) is 0 Å². The summed E-state index contributed by atoms with van der Waals surface area (Å²) in [6.45, 7) is 20.0. The van der Waals surface area contributed by atoms with Crippen molar-refractivity contribution in [3.8, 4) is 0 Å². The topological polar surface area (TPSA) is 31.0 Å². The van der Waals surface area contributed by atoms with E-state index in [1.165, 1.54) is 63.8 Å². The Hall–Kier alpha value is 0.314. The first-order chi connectivity index (χ1) is 14.3. The number of rotatable bonds is 10. The van der Waals surface area contributed by atoms with E-state index in [9.17, 15) is 0 Å². The highest BCUT2D eigenvalue weighted by Gasteiger charge is 2.50. The van der Waals surface area contributed by atoms with E-state index in [1.807, 2.05) is 0 Å². The van der Waals surface area contributed by atoms with Crippen LogP contribution in [0.4, 0.5) is 0 Å². The predicted octanol–water partition coefficient (Wildman–Crippen LogP) is 7.32. The summed E-state index contributed by atoms with van der Waals surface area (Å²) in [5.74, 6) is 1.77. The van der Waals surface area contributed by atoms with Gasteiger partial charge in [-0.05, 0) is 88.8 Å². The lowest BCUT2D eigenvalue weighted by molar-refractivity contribution is -0.173. The molecule has 31 heavy (non-hydrogen) atoms. The molecule has 0 aromatic rings. The second-order valence-corrected chi connectivity index (χ2v) is 23.9. The fraction of sp³-hybridized carbons (Fsp3) is 1.00. The third-order valence-electron chi connectivity index (χ3n) is 10.3. The van der Waals surface area contributed by atoms with Crippen molar-refractivity contribution in [3.63, 3.8) is 0 Å². The standard InChI is InChI=1S/C26H50O3Si2/c1-25(2,13-11-19-9-10-23-24(17-19)28-23)31(7,8)29-26(3,4)30(5,6)14-12-20-15-21-18-22(16-20)27-21/h19-24H,9-18H2,1-8H3. The van der Waals surface area contributed by atoms with Crippen molar-refractivity contribution < 1.29 is 13.9 Å². The zero-order valence-corrected chi connectivity index (χ0v) is 23.8. The molecular weight excluding hydrogens is 416 g/mol. The van der Waals surface area contributed by atoms with Crippen molar-refractivity contribution >= 4 is 16.4 Å². The van der Waals surface area contributed by atoms with E-state index in [-0.39, 0.29) is 5.22 Å². The minimum Gasteiger partial charge on any atom is -0.415 e. The fourth-order valence-corrected chi connectivity index (χ4v) is 12.2. The summed E-state index contributed by atoms with van der Waals surface area (Å²) in [5.41, 5.74) is 0. The van der Waals surface area contributed by atoms with Gasteiger partial charge in [-0.25, -0.2) is 0 Å². The van der Waals surface area contributed by atoms with Crippen LogP contribution in [0.15, 0.2) is 0 Å². The first-order valence-corrected chi connectivity index (χ1v) is 19.4. The van der Waals surface area contributed by atoms with Crippen molar-refractivity contribution in [3.05, 3.63) is 0 Å². The van der Waals surface area contributed by atoms with Gasteiger partial charge in [0.05, 0.1) is 32.5 Å². The first-order valence-electron chi connectivity index (χ1n) is 13.3. The van der Waals surface area contributed by atoms with Gasteiger partial charge in [-0.2, -0.15) is 0 Å². The van der Waals surface area contributed by atoms with E-state index in [0.29, 0.717) is 29.5 Å². The molecule has 2 bridgehead atoms. The molecule has 5 unspecified atom stereocenters. The smallest absolute Gasteiger partial charge is 0.192 e. The number of hydrogen-bond donors (Lipinski definition) is 0. The highest BCUT2D eigenvalue weighted by Crippen LogP contribution is 2.49. The van der Waals surface area contributed by atoms with Crippen LogP contribution in [-0.2, 0) is 13.9 Å². The summed E-state index contributed by atoms with van der Waals surface area (Å²) >= 11 is 0. The van der Waals surface area contributed by atoms with Gasteiger partial charge in [-0.15, -0.1) is 0 Å². The van der Waals surface area contributed by atoms with Gasteiger partial charge >= 0.3 is 0 Å². The van der Waals surface area contributed by atoms with Crippen molar-refractivity contribution in [2.75, 3.05) is 0 Å². The molecule has 0 aromatic heterocycles. The zero-order chi connectivity index (χ0) is 22.7. The Bertz CT molecular complexity index is 595. The average Bonchev–Trinajstić information content (AvgIpc) is 3.42. The first kappa shape index (κ1) is 24.4. The van der Waals surface area contributed by atoms with Crippen LogP contribution in [0.5, 0.6) is 0 Å². The van der Waals surface area contributed by atoms with Gasteiger partial charge in [0.2, 0.25) is 0 Å². The lowest BCUT2D eigenvalue weighted by Crippen LogP contribution is -2.59. The van der Waals surface area contributed by atoms with Crippen LogP contribution in [0.3, 0.4) is 0 Å². The number of ether oxygens (including phenoxy) is 2. The maximum absolute atomic E-state index is 7.25. The molecule has 3 aliphatic heterocycles. The van der Waals surface area contributed by atoms with E-state index >= 15 is 0 Å². The monoisotopic (exact) mass is 466 g/mol. The predicted molar refractivity (Wildman–Crippen MR) is 135 cm³/mol. The molecular formula is C26H50O3Si2. The van der Waals surface area contributed by atoms with Gasteiger partial charge in [0.15, 0.2) is 8.32 Å². The summed E-state index contributed by atoms with van der Waals surface area (Å²) in [7, 11) is -3.37. The van der Waals surface area contributed by atoms with Crippen molar-refractivity contribution in [2.24, 2.45) is 11.8 Å². The molecule has 5 aliphatic rings. The molecule has 0 aromatic carbocycles. The molecule has 3 heterocycles. The van der Waals surface area contributed by atoms with Crippen LogP contribution in [0.2, 0.25) is 37.3 Å². The summed E-state index contributed by atoms with van der Waals surface area (Å²) in [5, 5.41) is 0.339. The molecule has 2 saturated carbocycles. The van der Waals surface area contributed by atoms with Crippen molar-refractivity contribution in [2.45, 2.75) is 152 Å². The molecule has 5 heteroatoms. The molecule has 5 rings (SSSR count). The molecule has 2 aliphatic carbocycles. The van der Waals surface area contributed by atoms with Gasteiger partial charge in [0.25, 0.3) is 0 Å². The van der Waals surface area contributed by atoms with E-state index < -0.39 is 16.4 Å². The number of fused-ring (bicyclic) bond motifs is 3. The highest BCUT2D eigenvalue weighted by atomic mass is 28.4. The van der Waals surface area contributed by atoms with E-state index in [4.69, 9.17) is 13.9 Å². The second-order valence-electron chi connectivity index (χ2n) is 13.8. The Balaban J connectivity index is 1.29. The summed E-state index contributed by atoms with van der Waals surface area (Å²) in [6, 6.07) is 1.39. The summed E-state index contributed by atoms with van der Waals surface area (Å²) in [4.78, 5) is 0. The number of epoxide rings is 1. The van der Waals surface area contributed by atoms with E-state index in [1.54, 1.807) is 0 Å². The maximum atomic E-state index is 7.25. The van der Waals surface area contributed by atoms with Gasteiger partial charge < -0.3 is 13.9 Å². The van der Waals surface area contributed by atoms with Crippen LogP contribution in [0.1, 0.15) is 85.5 Å². The largest absolute Gasteiger partial charge is 0.415 e. The molecule has 5 fully saturated rings. The van der Waals surface area contributed by atoms with Gasteiger partial charge in [0.1, 0.15) is 0 Å². The second kappa shape index (κ2) is 8.51. The molecule has 0 radical (unpaired) electrons. The lowest BCUT2D eigenvalue weighted by atomic mass is 9.79. The van der Waals surface area contributed by atoms with Crippen molar-refractivity contribution in [1.82, 2.24) is 0 Å². The maximum Gasteiger partial charge on any atom is 0.192 e. The molecule has 5 atom stereocenters. The van der Waals surface area contributed by atoms with Gasteiger partial charge in [-0.1, -0.05) is 45.8 Å².